The Hall–Kier alpha value is -1.65. The SMILES string of the molecule is CC(=O)NC1CCCN(c2ncccn2)C1. The summed E-state index contributed by atoms with van der Waals surface area (Å²) in [5.74, 6) is 0.776. The van der Waals surface area contributed by atoms with Crippen LogP contribution in [0.25, 0.3) is 0 Å². The van der Waals surface area contributed by atoms with E-state index >= 15 is 0 Å². The fourth-order valence-electron chi connectivity index (χ4n) is 2.02. The Morgan fingerprint density at radius 3 is 2.94 bits per heavy atom. The van der Waals surface area contributed by atoms with Crippen LogP contribution in [0.4, 0.5) is 5.95 Å². The largest absolute Gasteiger partial charge is 0.352 e. The third-order valence-corrected chi connectivity index (χ3v) is 2.66. The van der Waals surface area contributed by atoms with E-state index in [0.717, 1.165) is 31.9 Å². The van der Waals surface area contributed by atoms with E-state index in [4.69, 9.17) is 0 Å². The summed E-state index contributed by atoms with van der Waals surface area (Å²) in [4.78, 5) is 21.5. The minimum atomic E-state index is 0.0285. The number of carbonyl (C=O) groups is 1. The Morgan fingerprint density at radius 2 is 2.25 bits per heavy atom. The molecule has 0 radical (unpaired) electrons. The van der Waals surface area contributed by atoms with Gasteiger partial charge in [0.2, 0.25) is 11.9 Å². The average molecular weight is 220 g/mol. The molecule has 1 amide bonds. The molecule has 86 valence electrons. The van der Waals surface area contributed by atoms with Crippen molar-refractivity contribution in [2.45, 2.75) is 25.8 Å². The molecule has 2 rings (SSSR count). The third kappa shape index (κ3) is 2.68. The van der Waals surface area contributed by atoms with E-state index in [2.05, 4.69) is 20.2 Å². The van der Waals surface area contributed by atoms with Crippen molar-refractivity contribution in [2.24, 2.45) is 0 Å². The summed E-state index contributed by atoms with van der Waals surface area (Å²) in [5, 5.41) is 2.95. The van der Waals surface area contributed by atoms with Crippen LogP contribution in [-0.2, 0) is 4.79 Å². The summed E-state index contributed by atoms with van der Waals surface area (Å²) in [6, 6.07) is 2.02. The van der Waals surface area contributed by atoms with Crippen molar-refractivity contribution < 1.29 is 4.79 Å². The molecule has 1 aliphatic rings. The minimum Gasteiger partial charge on any atom is -0.352 e. The molecule has 1 aliphatic heterocycles. The molecule has 16 heavy (non-hydrogen) atoms. The maximum Gasteiger partial charge on any atom is 0.225 e. The van der Waals surface area contributed by atoms with E-state index in [1.54, 1.807) is 25.4 Å². The smallest absolute Gasteiger partial charge is 0.225 e. The highest BCUT2D eigenvalue weighted by atomic mass is 16.1. The summed E-state index contributed by atoms with van der Waals surface area (Å²) < 4.78 is 0. The summed E-state index contributed by atoms with van der Waals surface area (Å²) in [5.41, 5.74) is 0. The lowest BCUT2D eigenvalue weighted by molar-refractivity contribution is -0.119. The maximum atomic E-state index is 11.0. The third-order valence-electron chi connectivity index (χ3n) is 2.66. The molecule has 1 aromatic rings. The van der Waals surface area contributed by atoms with Gasteiger partial charge in [-0.1, -0.05) is 0 Å². The Labute approximate surface area is 94.9 Å². The second-order valence-corrected chi connectivity index (χ2v) is 4.03. The number of anilines is 1. The molecule has 0 spiro atoms. The van der Waals surface area contributed by atoms with Gasteiger partial charge in [0, 0.05) is 38.4 Å². The zero-order valence-corrected chi connectivity index (χ0v) is 9.39. The first-order valence-corrected chi connectivity index (χ1v) is 5.55. The van der Waals surface area contributed by atoms with Crippen LogP contribution in [0, 0.1) is 0 Å². The summed E-state index contributed by atoms with van der Waals surface area (Å²) >= 11 is 0. The van der Waals surface area contributed by atoms with Crippen LogP contribution in [0.5, 0.6) is 0 Å². The normalized spacial score (nSPS) is 20.6. The Kier molecular flexibility index (Phi) is 3.34. The average Bonchev–Trinajstić information content (AvgIpc) is 2.30. The highest BCUT2D eigenvalue weighted by molar-refractivity contribution is 5.73. The van der Waals surface area contributed by atoms with Crippen LogP contribution in [0.3, 0.4) is 0 Å². The van der Waals surface area contributed by atoms with Crippen LogP contribution in [0.1, 0.15) is 19.8 Å². The van der Waals surface area contributed by atoms with E-state index in [0.29, 0.717) is 0 Å². The molecule has 5 nitrogen and oxygen atoms in total. The van der Waals surface area contributed by atoms with E-state index in [1.165, 1.54) is 0 Å². The van der Waals surface area contributed by atoms with Gasteiger partial charge in [-0.25, -0.2) is 9.97 Å². The maximum absolute atomic E-state index is 11.0. The number of piperidine rings is 1. The van der Waals surface area contributed by atoms with Gasteiger partial charge in [-0.2, -0.15) is 0 Å². The highest BCUT2D eigenvalue weighted by Crippen LogP contribution is 2.14. The monoisotopic (exact) mass is 220 g/mol. The summed E-state index contributed by atoms with van der Waals surface area (Å²) in [6.45, 7) is 3.31. The molecule has 0 aliphatic carbocycles. The predicted octanol–water partition coefficient (Wildman–Crippen LogP) is 0.581. The molecule has 0 aromatic carbocycles. The number of rotatable bonds is 2. The summed E-state index contributed by atoms with van der Waals surface area (Å²) in [6.07, 6.45) is 5.57. The van der Waals surface area contributed by atoms with Gasteiger partial charge in [-0.3, -0.25) is 4.79 Å². The molecular formula is C11H16N4O. The van der Waals surface area contributed by atoms with Gasteiger partial charge < -0.3 is 10.2 Å². The van der Waals surface area contributed by atoms with Crippen molar-refractivity contribution in [1.29, 1.82) is 0 Å². The molecule has 1 atom stereocenters. The van der Waals surface area contributed by atoms with Crippen LogP contribution in [0.15, 0.2) is 18.5 Å². The number of carbonyl (C=O) groups excluding carboxylic acids is 1. The zero-order valence-electron chi connectivity index (χ0n) is 9.39. The van der Waals surface area contributed by atoms with Gasteiger partial charge in [0.05, 0.1) is 0 Å². The van der Waals surface area contributed by atoms with E-state index in [9.17, 15) is 4.79 Å². The number of amides is 1. The van der Waals surface area contributed by atoms with Crippen molar-refractivity contribution in [2.75, 3.05) is 18.0 Å². The zero-order chi connectivity index (χ0) is 11.4. The van der Waals surface area contributed by atoms with Crippen molar-refractivity contribution in [3.8, 4) is 0 Å². The fourth-order valence-corrected chi connectivity index (χ4v) is 2.02. The minimum absolute atomic E-state index is 0.0285. The quantitative estimate of drug-likeness (QED) is 0.792. The van der Waals surface area contributed by atoms with Crippen LogP contribution < -0.4 is 10.2 Å². The Balaban J connectivity index is 1.99. The Morgan fingerprint density at radius 1 is 1.50 bits per heavy atom. The Bertz CT molecular complexity index is 354. The molecule has 2 heterocycles. The number of aromatic nitrogens is 2. The molecule has 1 fully saturated rings. The van der Waals surface area contributed by atoms with Gasteiger partial charge in [-0.15, -0.1) is 0 Å². The molecular weight excluding hydrogens is 204 g/mol. The fraction of sp³-hybridized carbons (Fsp3) is 0.545. The van der Waals surface area contributed by atoms with Crippen molar-refractivity contribution >= 4 is 11.9 Å². The van der Waals surface area contributed by atoms with Gasteiger partial charge in [-0.05, 0) is 18.9 Å². The molecule has 1 unspecified atom stereocenters. The highest BCUT2D eigenvalue weighted by Gasteiger charge is 2.21. The topological polar surface area (TPSA) is 58.1 Å². The second kappa shape index (κ2) is 4.92. The first kappa shape index (κ1) is 10.9. The van der Waals surface area contributed by atoms with E-state index < -0.39 is 0 Å². The predicted molar refractivity (Wildman–Crippen MR) is 61.1 cm³/mol. The molecule has 0 saturated carbocycles. The molecule has 0 bridgehead atoms. The lowest BCUT2D eigenvalue weighted by Crippen LogP contribution is -2.47. The molecule has 1 saturated heterocycles. The van der Waals surface area contributed by atoms with Crippen molar-refractivity contribution in [3.63, 3.8) is 0 Å². The number of hydrogen-bond donors (Lipinski definition) is 1. The number of nitrogens with one attached hydrogen (secondary N) is 1. The standard InChI is InChI=1S/C11H16N4O/c1-9(16)14-10-4-2-7-15(8-10)11-12-5-3-6-13-11/h3,5-6,10H,2,4,7-8H2,1H3,(H,14,16). The first-order chi connectivity index (χ1) is 7.75. The van der Waals surface area contributed by atoms with Gasteiger partial charge >= 0.3 is 0 Å². The lowest BCUT2D eigenvalue weighted by Gasteiger charge is -2.32. The second-order valence-electron chi connectivity index (χ2n) is 4.03. The first-order valence-electron chi connectivity index (χ1n) is 5.55. The van der Waals surface area contributed by atoms with Gasteiger partial charge in [0.15, 0.2) is 0 Å². The van der Waals surface area contributed by atoms with Crippen LogP contribution in [0.2, 0.25) is 0 Å². The van der Waals surface area contributed by atoms with Crippen LogP contribution >= 0.6 is 0 Å². The lowest BCUT2D eigenvalue weighted by atomic mass is 10.1. The molecule has 5 heteroatoms. The van der Waals surface area contributed by atoms with E-state index in [-0.39, 0.29) is 11.9 Å². The van der Waals surface area contributed by atoms with Crippen molar-refractivity contribution in [1.82, 2.24) is 15.3 Å². The van der Waals surface area contributed by atoms with Gasteiger partial charge in [0.25, 0.3) is 0 Å². The number of hydrogen-bond acceptors (Lipinski definition) is 4. The van der Waals surface area contributed by atoms with Gasteiger partial charge in [0.1, 0.15) is 0 Å². The van der Waals surface area contributed by atoms with Crippen molar-refractivity contribution in [3.05, 3.63) is 18.5 Å². The summed E-state index contributed by atoms with van der Waals surface area (Å²) in [7, 11) is 0. The molecule has 1 aromatic heterocycles. The van der Waals surface area contributed by atoms with Crippen LogP contribution in [-0.4, -0.2) is 35.0 Å². The molecule has 1 N–H and O–H groups in total. The number of nitrogens with zero attached hydrogens (tertiary/aromatic N) is 3. The van der Waals surface area contributed by atoms with E-state index in [1.807, 2.05) is 0 Å².